The summed E-state index contributed by atoms with van der Waals surface area (Å²) in [5, 5.41) is 0.534. The van der Waals surface area contributed by atoms with Crippen LogP contribution in [0.5, 0.6) is 0 Å². The zero-order valence-corrected chi connectivity index (χ0v) is 25.0. The molecule has 1 spiro atoms. The quantitative estimate of drug-likeness (QED) is 0.241. The lowest BCUT2D eigenvalue weighted by atomic mass is 9.74. The van der Waals surface area contributed by atoms with Gasteiger partial charge < -0.3 is 9.80 Å². The SMILES string of the molecule is CN(CC(CCN1CCC2(CC1)CSc1ccccc12)c1ccc(Cl)cc1)C(=O)c1cc(C(F)(F)F)cc(C(F)(F)F)c1. The Hall–Kier alpha value is -2.69. The van der Waals surface area contributed by atoms with E-state index in [1.54, 1.807) is 12.1 Å². The van der Waals surface area contributed by atoms with Crippen LogP contribution < -0.4 is 0 Å². The molecule has 2 aliphatic rings. The first-order valence-electron chi connectivity index (χ1n) is 14.0. The highest BCUT2D eigenvalue weighted by atomic mass is 35.5. The van der Waals surface area contributed by atoms with E-state index in [-0.39, 0.29) is 23.9 Å². The average Bonchev–Trinajstić information content (AvgIpc) is 3.33. The molecule has 0 radical (unpaired) electrons. The summed E-state index contributed by atoms with van der Waals surface area (Å²) in [7, 11) is 1.40. The van der Waals surface area contributed by atoms with Gasteiger partial charge in [0.15, 0.2) is 0 Å². The van der Waals surface area contributed by atoms with E-state index in [4.69, 9.17) is 11.6 Å². The van der Waals surface area contributed by atoms with Gasteiger partial charge in [0.2, 0.25) is 0 Å². The van der Waals surface area contributed by atoms with Crippen molar-refractivity contribution in [3.63, 3.8) is 0 Å². The molecule has 3 aromatic carbocycles. The van der Waals surface area contributed by atoms with Crippen molar-refractivity contribution in [3.8, 4) is 0 Å². The fourth-order valence-corrected chi connectivity index (χ4v) is 7.71. The lowest BCUT2D eigenvalue weighted by Gasteiger charge is -2.40. The van der Waals surface area contributed by atoms with Crippen molar-refractivity contribution in [1.29, 1.82) is 0 Å². The van der Waals surface area contributed by atoms with E-state index in [0.717, 1.165) is 43.8 Å². The van der Waals surface area contributed by atoms with E-state index in [0.29, 0.717) is 23.6 Å². The van der Waals surface area contributed by atoms with E-state index in [1.807, 2.05) is 23.9 Å². The predicted octanol–water partition coefficient (Wildman–Crippen LogP) is 8.76. The summed E-state index contributed by atoms with van der Waals surface area (Å²) in [5.41, 5.74) is -1.18. The monoisotopic (exact) mass is 640 g/mol. The van der Waals surface area contributed by atoms with E-state index < -0.39 is 35.0 Å². The van der Waals surface area contributed by atoms with E-state index >= 15 is 0 Å². The number of piperidine rings is 1. The molecule has 0 aliphatic carbocycles. The third-order valence-corrected chi connectivity index (χ3v) is 10.2. The highest BCUT2D eigenvalue weighted by Crippen LogP contribution is 2.49. The lowest BCUT2D eigenvalue weighted by molar-refractivity contribution is -0.143. The average molecular weight is 641 g/mol. The van der Waals surface area contributed by atoms with Crippen LogP contribution in [-0.2, 0) is 17.8 Å². The second-order valence-corrected chi connectivity index (χ2v) is 12.9. The molecule has 1 saturated heterocycles. The van der Waals surface area contributed by atoms with Crippen LogP contribution in [0.1, 0.15) is 57.8 Å². The molecule has 230 valence electrons. The van der Waals surface area contributed by atoms with Gasteiger partial charge in [0.1, 0.15) is 0 Å². The van der Waals surface area contributed by atoms with Gasteiger partial charge in [0, 0.05) is 46.2 Å². The van der Waals surface area contributed by atoms with Gasteiger partial charge in [0.05, 0.1) is 11.1 Å². The number of hydrogen-bond donors (Lipinski definition) is 0. The Morgan fingerprint density at radius 1 is 0.953 bits per heavy atom. The van der Waals surface area contributed by atoms with Crippen molar-refractivity contribution < 1.29 is 31.1 Å². The minimum atomic E-state index is -5.03. The van der Waals surface area contributed by atoms with Gasteiger partial charge in [-0.25, -0.2) is 0 Å². The second kappa shape index (κ2) is 12.4. The van der Waals surface area contributed by atoms with Gasteiger partial charge in [0.25, 0.3) is 5.91 Å². The topological polar surface area (TPSA) is 23.6 Å². The number of carbonyl (C=O) groups excluding carboxylic acids is 1. The second-order valence-electron chi connectivity index (χ2n) is 11.4. The van der Waals surface area contributed by atoms with Crippen LogP contribution in [0.2, 0.25) is 5.02 Å². The number of alkyl halides is 6. The number of likely N-dealkylation sites (tertiary alicyclic amines) is 1. The maximum Gasteiger partial charge on any atom is 0.416 e. The van der Waals surface area contributed by atoms with E-state index in [9.17, 15) is 31.1 Å². The van der Waals surface area contributed by atoms with Crippen LogP contribution in [0.25, 0.3) is 0 Å². The van der Waals surface area contributed by atoms with Crippen molar-refractivity contribution in [2.75, 3.05) is 39.0 Å². The molecule has 2 heterocycles. The zero-order chi connectivity index (χ0) is 31.0. The summed E-state index contributed by atoms with van der Waals surface area (Å²) in [6.07, 6.45) is -7.34. The number of likely N-dealkylation sites (N-methyl/N-ethyl adjacent to an activating group) is 1. The van der Waals surface area contributed by atoms with Crippen LogP contribution >= 0.6 is 23.4 Å². The van der Waals surface area contributed by atoms with Gasteiger partial charge in [-0.05, 0) is 86.4 Å². The Morgan fingerprint density at radius 2 is 1.56 bits per heavy atom. The number of rotatable bonds is 7. The number of halogens is 7. The molecule has 1 amide bonds. The standard InChI is InChI=1S/C32H31ClF6N2OS/c1-40(29(42)23-16-24(31(34,35)36)18-25(17-23)32(37,38)39)19-22(21-6-8-26(33)9-7-21)10-13-41-14-11-30(12-15-41)20-43-28-5-3-2-4-27(28)30/h2-9,16-18,22H,10-15,19-20H2,1H3. The minimum absolute atomic E-state index is 0.0267. The van der Waals surface area contributed by atoms with Crippen molar-refractivity contribution >= 4 is 29.3 Å². The summed E-state index contributed by atoms with van der Waals surface area (Å²) in [4.78, 5) is 18.2. The molecule has 11 heteroatoms. The first-order chi connectivity index (χ1) is 20.2. The molecule has 5 rings (SSSR count). The van der Waals surface area contributed by atoms with E-state index in [1.165, 1.54) is 22.4 Å². The summed E-state index contributed by atoms with van der Waals surface area (Å²) in [6.45, 7) is 2.69. The van der Waals surface area contributed by atoms with Crippen LogP contribution in [0.3, 0.4) is 0 Å². The summed E-state index contributed by atoms with van der Waals surface area (Å²) < 4.78 is 80.4. The largest absolute Gasteiger partial charge is 0.416 e. The number of hydrogen-bond acceptors (Lipinski definition) is 3. The summed E-state index contributed by atoms with van der Waals surface area (Å²) in [5.74, 6) is -0.0443. The maximum absolute atomic E-state index is 13.4. The smallest absolute Gasteiger partial charge is 0.341 e. The molecule has 43 heavy (non-hydrogen) atoms. The molecule has 3 nitrogen and oxygen atoms in total. The normalized spacial score (nSPS) is 17.6. The molecule has 1 unspecified atom stereocenters. The molecule has 1 atom stereocenters. The Morgan fingerprint density at radius 3 is 2.16 bits per heavy atom. The zero-order valence-electron chi connectivity index (χ0n) is 23.4. The van der Waals surface area contributed by atoms with E-state index in [2.05, 4.69) is 29.2 Å². The number of fused-ring (bicyclic) bond motifs is 2. The number of carbonyl (C=O) groups is 1. The van der Waals surface area contributed by atoms with Crippen molar-refractivity contribution in [2.24, 2.45) is 0 Å². The highest BCUT2D eigenvalue weighted by molar-refractivity contribution is 7.99. The van der Waals surface area contributed by atoms with Crippen LogP contribution in [-0.4, -0.2) is 54.7 Å². The number of thioether (sulfide) groups is 1. The van der Waals surface area contributed by atoms with Gasteiger partial charge in [-0.15, -0.1) is 11.8 Å². The Balaban J connectivity index is 1.30. The van der Waals surface area contributed by atoms with Gasteiger partial charge in [-0.3, -0.25) is 4.79 Å². The van der Waals surface area contributed by atoms with Gasteiger partial charge in [-0.2, -0.15) is 26.3 Å². The molecule has 1 fully saturated rings. The molecule has 2 aliphatic heterocycles. The Bertz CT molecular complexity index is 1420. The molecule has 0 N–H and O–H groups in total. The van der Waals surface area contributed by atoms with Crippen molar-refractivity contribution in [2.45, 2.75) is 47.8 Å². The third-order valence-electron chi connectivity index (χ3n) is 8.59. The van der Waals surface area contributed by atoms with Crippen molar-refractivity contribution in [3.05, 3.63) is 99.6 Å². The Kier molecular flexibility index (Phi) is 9.12. The lowest BCUT2D eigenvalue weighted by Crippen LogP contribution is -2.43. The molecule has 3 aromatic rings. The van der Waals surface area contributed by atoms with Gasteiger partial charge in [-0.1, -0.05) is 41.9 Å². The summed E-state index contributed by atoms with van der Waals surface area (Å²) >= 11 is 8.00. The number of benzene rings is 3. The van der Waals surface area contributed by atoms with Crippen LogP contribution in [0, 0.1) is 0 Å². The first-order valence-corrected chi connectivity index (χ1v) is 15.4. The number of nitrogens with zero attached hydrogens (tertiary/aromatic N) is 2. The molecule has 0 bridgehead atoms. The maximum atomic E-state index is 13.4. The molecular weight excluding hydrogens is 610 g/mol. The van der Waals surface area contributed by atoms with Crippen molar-refractivity contribution in [1.82, 2.24) is 9.80 Å². The fourth-order valence-electron chi connectivity index (χ4n) is 6.09. The fraction of sp³-hybridized carbons (Fsp3) is 0.406. The molecule has 0 saturated carbocycles. The molecule has 0 aromatic heterocycles. The highest BCUT2D eigenvalue weighted by Gasteiger charge is 2.42. The Labute approximate surface area is 256 Å². The number of amides is 1. The third kappa shape index (κ3) is 7.18. The first kappa shape index (κ1) is 31.7. The van der Waals surface area contributed by atoms with Crippen LogP contribution in [0.15, 0.2) is 71.6 Å². The predicted molar refractivity (Wildman–Crippen MR) is 157 cm³/mol. The van der Waals surface area contributed by atoms with Gasteiger partial charge >= 0.3 is 12.4 Å². The van der Waals surface area contributed by atoms with Crippen LogP contribution in [0.4, 0.5) is 26.3 Å². The minimum Gasteiger partial charge on any atom is -0.341 e. The molecular formula is C32H31ClF6N2OS. The summed E-state index contributed by atoms with van der Waals surface area (Å²) in [6, 6.07) is 16.7.